The Hall–Kier alpha value is -2.73. The largest absolute Gasteiger partial charge is 0.288 e. The van der Waals surface area contributed by atoms with E-state index in [2.05, 4.69) is 5.10 Å². The third-order valence-corrected chi connectivity index (χ3v) is 3.17. The summed E-state index contributed by atoms with van der Waals surface area (Å²) in [6.45, 7) is 0.554. The van der Waals surface area contributed by atoms with Crippen molar-refractivity contribution in [3.63, 3.8) is 0 Å². The van der Waals surface area contributed by atoms with Crippen molar-refractivity contribution in [2.24, 2.45) is 0 Å². The Morgan fingerprint density at radius 3 is 2.76 bits per heavy atom. The molecule has 3 rings (SSSR count). The van der Waals surface area contributed by atoms with Gasteiger partial charge < -0.3 is 0 Å². The van der Waals surface area contributed by atoms with Crippen LogP contribution in [0.2, 0.25) is 0 Å². The molecule has 3 aromatic rings. The average molecular weight is 285 g/mol. The van der Waals surface area contributed by atoms with Crippen LogP contribution in [0.3, 0.4) is 0 Å². The third-order valence-electron chi connectivity index (χ3n) is 3.17. The summed E-state index contributed by atoms with van der Waals surface area (Å²) in [5.74, 6) is -1.60. The maximum absolute atomic E-state index is 13.8. The number of amides is 1. The van der Waals surface area contributed by atoms with Crippen LogP contribution in [0.5, 0.6) is 0 Å². The molecule has 2 aromatic carbocycles. The zero-order valence-electron chi connectivity index (χ0n) is 11.0. The number of aromatic nitrogens is 2. The van der Waals surface area contributed by atoms with Gasteiger partial charge in [0.2, 0.25) is 0 Å². The van der Waals surface area contributed by atoms with Crippen LogP contribution in [0, 0.1) is 5.82 Å². The molecule has 0 radical (unpaired) electrons. The predicted octanol–water partition coefficient (Wildman–Crippen LogP) is 2.34. The zero-order valence-corrected chi connectivity index (χ0v) is 11.0. The second kappa shape index (κ2) is 5.34. The molecule has 0 saturated heterocycles. The minimum atomic E-state index is -0.896. The molecule has 0 saturated carbocycles. The first-order valence-corrected chi connectivity index (χ1v) is 6.32. The van der Waals surface area contributed by atoms with Crippen molar-refractivity contribution in [3.05, 3.63) is 65.6 Å². The van der Waals surface area contributed by atoms with Gasteiger partial charge in [0.05, 0.1) is 17.6 Å². The molecule has 0 aliphatic heterocycles. The van der Waals surface area contributed by atoms with Gasteiger partial charge in [-0.15, -0.1) is 0 Å². The molecule has 0 spiro atoms. The summed E-state index contributed by atoms with van der Waals surface area (Å²) in [5, 5.41) is 13.5. The standard InChI is InChI=1S/C15H12FN3O2/c16-13-6-11-9-19(8-10-4-2-1-3-5-10)17-14(11)7-12(13)15(20)18-21/h1-7,9,21H,8H2,(H,18,20). The lowest BCUT2D eigenvalue weighted by atomic mass is 10.1. The fraction of sp³-hybridized carbons (Fsp3) is 0.0667. The Labute approximate surface area is 119 Å². The Morgan fingerprint density at radius 2 is 2.05 bits per heavy atom. The first-order chi connectivity index (χ1) is 10.2. The first kappa shape index (κ1) is 13.3. The van der Waals surface area contributed by atoms with Crippen LogP contribution in [0.25, 0.3) is 10.9 Å². The van der Waals surface area contributed by atoms with Gasteiger partial charge in [-0.05, 0) is 17.7 Å². The highest BCUT2D eigenvalue weighted by atomic mass is 19.1. The fourth-order valence-corrected chi connectivity index (χ4v) is 2.18. The molecule has 0 aliphatic rings. The van der Waals surface area contributed by atoms with Crippen LogP contribution in [0.15, 0.2) is 48.7 Å². The molecular formula is C15H12FN3O2. The van der Waals surface area contributed by atoms with E-state index in [1.165, 1.54) is 17.6 Å². The van der Waals surface area contributed by atoms with E-state index in [-0.39, 0.29) is 5.56 Å². The number of nitrogens with one attached hydrogen (secondary N) is 1. The van der Waals surface area contributed by atoms with E-state index < -0.39 is 11.7 Å². The molecule has 0 unspecified atom stereocenters. The zero-order chi connectivity index (χ0) is 14.8. The molecule has 0 bridgehead atoms. The number of carbonyl (C=O) groups is 1. The first-order valence-electron chi connectivity index (χ1n) is 6.32. The number of hydrogen-bond donors (Lipinski definition) is 2. The summed E-state index contributed by atoms with van der Waals surface area (Å²) in [4.78, 5) is 11.3. The highest BCUT2D eigenvalue weighted by Crippen LogP contribution is 2.18. The lowest BCUT2D eigenvalue weighted by molar-refractivity contribution is 0.0702. The van der Waals surface area contributed by atoms with Gasteiger partial charge in [-0.2, -0.15) is 5.10 Å². The van der Waals surface area contributed by atoms with Crippen LogP contribution in [-0.4, -0.2) is 20.9 Å². The molecule has 0 atom stereocenters. The van der Waals surface area contributed by atoms with E-state index in [1.54, 1.807) is 10.9 Å². The topological polar surface area (TPSA) is 67.2 Å². The van der Waals surface area contributed by atoms with Gasteiger partial charge in [0.15, 0.2) is 0 Å². The van der Waals surface area contributed by atoms with Crippen molar-refractivity contribution in [1.82, 2.24) is 15.3 Å². The van der Waals surface area contributed by atoms with Gasteiger partial charge in [-0.3, -0.25) is 14.7 Å². The molecule has 21 heavy (non-hydrogen) atoms. The van der Waals surface area contributed by atoms with Crippen LogP contribution >= 0.6 is 0 Å². The van der Waals surface area contributed by atoms with E-state index in [1.807, 2.05) is 30.3 Å². The maximum atomic E-state index is 13.8. The number of carbonyl (C=O) groups excluding carboxylic acids is 1. The Balaban J connectivity index is 1.98. The van der Waals surface area contributed by atoms with Gasteiger partial charge >= 0.3 is 0 Å². The highest BCUT2D eigenvalue weighted by Gasteiger charge is 2.14. The van der Waals surface area contributed by atoms with Crippen molar-refractivity contribution in [3.8, 4) is 0 Å². The normalized spacial score (nSPS) is 10.8. The number of nitrogens with zero attached hydrogens (tertiary/aromatic N) is 2. The van der Waals surface area contributed by atoms with E-state index in [0.717, 1.165) is 5.56 Å². The number of benzene rings is 2. The van der Waals surface area contributed by atoms with E-state index in [0.29, 0.717) is 17.4 Å². The van der Waals surface area contributed by atoms with Crippen molar-refractivity contribution in [2.75, 3.05) is 0 Å². The van der Waals surface area contributed by atoms with Gasteiger partial charge in [0.25, 0.3) is 5.91 Å². The second-order valence-electron chi connectivity index (χ2n) is 4.64. The molecule has 1 heterocycles. The maximum Gasteiger partial charge on any atom is 0.277 e. The second-order valence-corrected chi connectivity index (χ2v) is 4.64. The van der Waals surface area contributed by atoms with Crippen molar-refractivity contribution in [2.45, 2.75) is 6.54 Å². The summed E-state index contributed by atoms with van der Waals surface area (Å²) in [5.41, 5.74) is 2.74. The summed E-state index contributed by atoms with van der Waals surface area (Å²) in [6.07, 6.45) is 1.71. The van der Waals surface area contributed by atoms with E-state index in [4.69, 9.17) is 5.21 Å². The van der Waals surface area contributed by atoms with Crippen LogP contribution in [-0.2, 0) is 6.54 Å². The number of hydroxylamine groups is 1. The van der Waals surface area contributed by atoms with E-state index >= 15 is 0 Å². The van der Waals surface area contributed by atoms with Gasteiger partial charge in [-0.1, -0.05) is 30.3 Å². The van der Waals surface area contributed by atoms with Crippen molar-refractivity contribution >= 4 is 16.8 Å². The van der Waals surface area contributed by atoms with Crippen LogP contribution < -0.4 is 5.48 Å². The van der Waals surface area contributed by atoms with Gasteiger partial charge in [0, 0.05) is 11.6 Å². The summed E-state index contributed by atoms with van der Waals surface area (Å²) >= 11 is 0. The van der Waals surface area contributed by atoms with Crippen molar-refractivity contribution < 1.29 is 14.4 Å². The third kappa shape index (κ3) is 2.61. The Morgan fingerprint density at radius 1 is 1.29 bits per heavy atom. The van der Waals surface area contributed by atoms with Gasteiger partial charge in [-0.25, -0.2) is 9.87 Å². The predicted molar refractivity (Wildman–Crippen MR) is 74.5 cm³/mol. The molecule has 1 aromatic heterocycles. The number of halogens is 1. The molecular weight excluding hydrogens is 273 g/mol. The number of fused-ring (bicyclic) bond motifs is 1. The molecule has 0 fully saturated rings. The van der Waals surface area contributed by atoms with Crippen LogP contribution in [0.4, 0.5) is 4.39 Å². The Bertz CT molecular complexity index is 799. The summed E-state index contributed by atoms with van der Waals surface area (Å²) < 4.78 is 15.5. The molecule has 1 amide bonds. The number of rotatable bonds is 3. The number of hydrogen-bond acceptors (Lipinski definition) is 3. The van der Waals surface area contributed by atoms with E-state index in [9.17, 15) is 9.18 Å². The van der Waals surface area contributed by atoms with Crippen molar-refractivity contribution in [1.29, 1.82) is 0 Å². The minimum absolute atomic E-state index is 0.241. The fourth-order valence-electron chi connectivity index (χ4n) is 2.18. The lowest BCUT2D eigenvalue weighted by Gasteiger charge is -2.00. The molecule has 6 heteroatoms. The SMILES string of the molecule is O=C(NO)c1cc2nn(Cc3ccccc3)cc2cc1F. The average Bonchev–Trinajstić information content (AvgIpc) is 2.87. The Kier molecular flexibility index (Phi) is 3.37. The minimum Gasteiger partial charge on any atom is -0.288 e. The molecule has 5 nitrogen and oxygen atoms in total. The molecule has 106 valence electrons. The molecule has 0 aliphatic carbocycles. The summed E-state index contributed by atoms with van der Waals surface area (Å²) in [7, 11) is 0. The quantitative estimate of drug-likeness (QED) is 0.573. The monoisotopic (exact) mass is 285 g/mol. The highest BCUT2D eigenvalue weighted by molar-refractivity contribution is 5.97. The van der Waals surface area contributed by atoms with Gasteiger partial charge in [0.1, 0.15) is 5.82 Å². The lowest BCUT2D eigenvalue weighted by Crippen LogP contribution is -2.19. The molecule has 2 N–H and O–H groups in total. The summed E-state index contributed by atoms with van der Waals surface area (Å²) in [6, 6.07) is 12.3. The smallest absolute Gasteiger partial charge is 0.277 e. The van der Waals surface area contributed by atoms with Crippen LogP contribution in [0.1, 0.15) is 15.9 Å².